The van der Waals surface area contributed by atoms with Gasteiger partial charge in [0.15, 0.2) is 0 Å². The fourth-order valence-electron chi connectivity index (χ4n) is 4.76. The van der Waals surface area contributed by atoms with E-state index in [1.54, 1.807) is 23.6 Å². The minimum absolute atomic E-state index is 0.0901. The van der Waals surface area contributed by atoms with E-state index in [2.05, 4.69) is 4.98 Å². The Morgan fingerprint density at radius 1 is 1.27 bits per heavy atom. The molecule has 1 fully saturated rings. The number of carboxylic acid groups (broad SMARTS) is 2. The number of carbonyl (C=O) groups is 3. The molecule has 9 heteroatoms. The predicted octanol–water partition coefficient (Wildman–Crippen LogP) is 5.25. The summed E-state index contributed by atoms with van der Waals surface area (Å²) in [4.78, 5) is 44.4. The molecule has 1 aliphatic rings. The lowest BCUT2D eigenvalue weighted by Gasteiger charge is -2.38. The van der Waals surface area contributed by atoms with E-state index < -0.39 is 35.3 Å². The lowest BCUT2D eigenvalue weighted by Crippen LogP contribution is -2.54. The summed E-state index contributed by atoms with van der Waals surface area (Å²) in [7, 11) is 0. The first-order chi connectivity index (χ1) is 15.3. The quantitative estimate of drug-likeness (QED) is 0.570. The molecule has 3 rings (SSSR count). The van der Waals surface area contributed by atoms with Gasteiger partial charge >= 0.3 is 11.9 Å². The SMILES string of the molecule is CC(C)C[C@@]1(C(=O)O)C[C@H](C(=O)O)[C@H](c2nccs2)N1C(=O)c1ccc(C(C)(C)C)c(Cl)c1. The zero-order valence-electron chi connectivity index (χ0n) is 19.3. The van der Waals surface area contributed by atoms with Gasteiger partial charge in [-0.1, -0.05) is 52.3 Å². The lowest BCUT2D eigenvalue weighted by atomic mass is 9.83. The highest BCUT2D eigenvalue weighted by Gasteiger charge is 2.61. The smallest absolute Gasteiger partial charge is 0.329 e. The molecule has 178 valence electrons. The molecule has 1 saturated heterocycles. The van der Waals surface area contributed by atoms with Crippen molar-refractivity contribution in [2.24, 2.45) is 11.8 Å². The largest absolute Gasteiger partial charge is 0.481 e. The van der Waals surface area contributed by atoms with Crippen molar-refractivity contribution in [1.82, 2.24) is 9.88 Å². The number of aliphatic carboxylic acids is 2. The van der Waals surface area contributed by atoms with E-state index in [0.29, 0.717) is 10.0 Å². The zero-order valence-corrected chi connectivity index (χ0v) is 20.9. The van der Waals surface area contributed by atoms with E-state index in [1.165, 1.54) is 22.4 Å². The van der Waals surface area contributed by atoms with E-state index in [4.69, 9.17) is 11.6 Å². The second-order valence-electron chi connectivity index (χ2n) is 10.0. The van der Waals surface area contributed by atoms with Gasteiger partial charge in [-0.05, 0) is 41.9 Å². The van der Waals surface area contributed by atoms with E-state index in [-0.39, 0.29) is 29.7 Å². The molecule has 0 aliphatic carbocycles. The van der Waals surface area contributed by atoms with Crippen LogP contribution in [-0.2, 0) is 15.0 Å². The molecule has 0 spiro atoms. The number of hydrogen-bond donors (Lipinski definition) is 2. The monoisotopic (exact) mass is 492 g/mol. The Kier molecular flexibility index (Phi) is 6.92. The third-order valence-corrected chi connectivity index (χ3v) is 7.25. The molecule has 2 aromatic rings. The van der Waals surface area contributed by atoms with Crippen LogP contribution in [-0.4, -0.2) is 43.5 Å². The van der Waals surface area contributed by atoms with E-state index >= 15 is 0 Å². The maximum Gasteiger partial charge on any atom is 0.329 e. The summed E-state index contributed by atoms with van der Waals surface area (Å²) >= 11 is 7.72. The number of benzene rings is 1. The fourth-order valence-corrected chi connectivity index (χ4v) is 6.01. The molecule has 0 unspecified atom stereocenters. The Morgan fingerprint density at radius 3 is 2.39 bits per heavy atom. The second-order valence-corrected chi connectivity index (χ2v) is 11.4. The van der Waals surface area contributed by atoms with Crippen molar-refractivity contribution in [2.75, 3.05) is 0 Å². The van der Waals surface area contributed by atoms with Crippen molar-refractivity contribution in [1.29, 1.82) is 0 Å². The average molecular weight is 493 g/mol. The van der Waals surface area contributed by atoms with E-state index in [9.17, 15) is 24.6 Å². The number of nitrogens with zero attached hydrogens (tertiary/aromatic N) is 2. The van der Waals surface area contributed by atoms with Crippen LogP contribution in [0.25, 0.3) is 0 Å². The standard InChI is InChI=1S/C24H29ClN2O5S/c1-13(2)11-24(22(31)32)12-15(21(29)30)18(19-26-8-9-33-19)27(24)20(28)14-6-7-16(17(25)10-14)23(3,4)5/h6-10,13,15,18H,11-12H2,1-5H3,(H,29,30)(H,31,32)/t15-,18+,24-/m0/s1. The van der Waals surface area contributed by atoms with Crippen LogP contribution in [0.15, 0.2) is 29.8 Å². The van der Waals surface area contributed by atoms with Crippen molar-refractivity contribution in [3.8, 4) is 0 Å². The first-order valence-corrected chi connectivity index (χ1v) is 12.0. The van der Waals surface area contributed by atoms with Gasteiger partial charge in [-0.3, -0.25) is 9.59 Å². The summed E-state index contributed by atoms with van der Waals surface area (Å²) in [6, 6.07) is 3.94. The summed E-state index contributed by atoms with van der Waals surface area (Å²) < 4.78 is 0. The number of aromatic nitrogens is 1. The van der Waals surface area contributed by atoms with Crippen LogP contribution in [0.5, 0.6) is 0 Å². The Balaban J connectivity index is 2.21. The van der Waals surface area contributed by atoms with Crippen molar-refractivity contribution >= 4 is 40.8 Å². The molecule has 2 heterocycles. The molecular weight excluding hydrogens is 464 g/mol. The van der Waals surface area contributed by atoms with Gasteiger partial charge in [-0.25, -0.2) is 9.78 Å². The van der Waals surface area contributed by atoms with Gasteiger partial charge in [0.25, 0.3) is 5.91 Å². The molecule has 1 aromatic carbocycles. The average Bonchev–Trinajstić information content (AvgIpc) is 3.32. The Bertz CT molecular complexity index is 1060. The zero-order chi connectivity index (χ0) is 24.7. The van der Waals surface area contributed by atoms with Crippen molar-refractivity contribution in [3.05, 3.63) is 50.9 Å². The van der Waals surface area contributed by atoms with Crippen LogP contribution in [0.4, 0.5) is 0 Å². The minimum Gasteiger partial charge on any atom is -0.481 e. The number of carboxylic acids is 2. The topological polar surface area (TPSA) is 108 Å². The van der Waals surface area contributed by atoms with E-state index in [1.807, 2.05) is 34.6 Å². The minimum atomic E-state index is -1.68. The highest BCUT2D eigenvalue weighted by Crippen LogP contribution is 2.51. The molecule has 3 atom stereocenters. The third kappa shape index (κ3) is 4.64. The first kappa shape index (κ1) is 25.2. The van der Waals surface area contributed by atoms with Crippen LogP contribution in [0.1, 0.15) is 74.4 Å². The van der Waals surface area contributed by atoms with Crippen LogP contribution >= 0.6 is 22.9 Å². The van der Waals surface area contributed by atoms with Gasteiger partial charge in [-0.15, -0.1) is 11.3 Å². The molecule has 33 heavy (non-hydrogen) atoms. The van der Waals surface area contributed by atoms with Crippen LogP contribution < -0.4 is 0 Å². The number of halogens is 1. The molecule has 2 N–H and O–H groups in total. The molecular formula is C24H29ClN2O5S. The lowest BCUT2D eigenvalue weighted by molar-refractivity contribution is -0.150. The van der Waals surface area contributed by atoms with Crippen molar-refractivity contribution < 1.29 is 24.6 Å². The van der Waals surface area contributed by atoms with Crippen LogP contribution in [0, 0.1) is 11.8 Å². The third-order valence-electron chi connectivity index (χ3n) is 6.09. The van der Waals surface area contributed by atoms with Gasteiger partial charge in [0, 0.05) is 22.2 Å². The molecule has 0 saturated carbocycles. The maximum absolute atomic E-state index is 13.9. The van der Waals surface area contributed by atoms with Crippen LogP contribution in [0.3, 0.4) is 0 Å². The van der Waals surface area contributed by atoms with Gasteiger partial charge in [0.1, 0.15) is 10.5 Å². The Morgan fingerprint density at radius 2 is 1.94 bits per heavy atom. The summed E-state index contributed by atoms with van der Waals surface area (Å²) in [6.45, 7) is 9.72. The maximum atomic E-state index is 13.9. The summed E-state index contributed by atoms with van der Waals surface area (Å²) in [5.74, 6) is -4.12. The molecule has 1 aromatic heterocycles. The van der Waals surface area contributed by atoms with Gasteiger partial charge in [0.2, 0.25) is 0 Å². The number of carbonyl (C=O) groups excluding carboxylic acids is 1. The summed E-state index contributed by atoms with van der Waals surface area (Å²) in [5, 5.41) is 22.9. The molecule has 0 bridgehead atoms. The number of rotatable bonds is 6. The molecule has 7 nitrogen and oxygen atoms in total. The number of hydrogen-bond acceptors (Lipinski definition) is 5. The molecule has 1 aliphatic heterocycles. The normalized spacial score (nSPS) is 23.2. The van der Waals surface area contributed by atoms with Crippen LogP contribution in [0.2, 0.25) is 5.02 Å². The number of amides is 1. The highest BCUT2D eigenvalue weighted by atomic mass is 35.5. The molecule has 0 radical (unpaired) electrons. The van der Waals surface area contributed by atoms with Gasteiger partial charge in [-0.2, -0.15) is 0 Å². The fraction of sp³-hybridized carbons (Fsp3) is 0.500. The number of likely N-dealkylation sites (tertiary alicyclic amines) is 1. The number of thiazole rings is 1. The van der Waals surface area contributed by atoms with Gasteiger partial charge in [0.05, 0.1) is 12.0 Å². The highest BCUT2D eigenvalue weighted by molar-refractivity contribution is 7.09. The first-order valence-electron chi connectivity index (χ1n) is 10.8. The van der Waals surface area contributed by atoms with Crippen molar-refractivity contribution in [2.45, 2.75) is 64.5 Å². The molecule has 1 amide bonds. The van der Waals surface area contributed by atoms with Gasteiger partial charge < -0.3 is 15.1 Å². The summed E-state index contributed by atoms with van der Waals surface area (Å²) in [5.41, 5.74) is -0.851. The Labute approximate surface area is 202 Å². The predicted molar refractivity (Wildman–Crippen MR) is 127 cm³/mol. The second kappa shape index (κ2) is 9.06. The van der Waals surface area contributed by atoms with E-state index in [0.717, 1.165) is 5.56 Å². The van der Waals surface area contributed by atoms with Crippen molar-refractivity contribution in [3.63, 3.8) is 0 Å². The summed E-state index contributed by atoms with van der Waals surface area (Å²) in [6.07, 6.45) is 1.45. The Hall–Kier alpha value is -2.45.